The normalized spacial score (nSPS) is 16.8. The van der Waals surface area contributed by atoms with Crippen molar-refractivity contribution in [3.63, 3.8) is 0 Å². The standard InChI is InChI=1S/C20H18ClNO4S/c1-12-13-5-2-6-14(21)19(13)26-18(12)20(24)25-11-17(23)22-9-3-7-15(22)16-8-4-10-27-16/h2,4-6,8,10,15H,3,7,9,11H2,1H3. The molecular weight excluding hydrogens is 386 g/mol. The Labute approximate surface area is 165 Å². The zero-order valence-corrected chi connectivity index (χ0v) is 16.3. The molecule has 0 spiro atoms. The largest absolute Gasteiger partial charge is 0.450 e. The predicted molar refractivity (Wildman–Crippen MR) is 104 cm³/mol. The predicted octanol–water partition coefficient (Wildman–Crippen LogP) is 4.98. The molecule has 1 aromatic carbocycles. The van der Waals surface area contributed by atoms with E-state index in [2.05, 4.69) is 0 Å². The van der Waals surface area contributed by atoms with Gasteiger partial charge in [0.25, 0.3) is 5.91 Å². The Morgan fingerprint density at radius 2 is 2.19 bits per heavy atom. The molecule has 1 saturated heterocycles. The molecular formula is C20H18ClNO4S. The van der Waals surface area contributed by atoms with Gasteiger partial charge >= 0.3 is 5.97 Å². The van der Waals surface area contributed by atoms with Crippen LogP contribution in [-0.4, -0.2) is 29.9 Å². The van der Waals surface area contributed by atoms with E-state index in [1.165, 1.54) is 0 Å². The number of ether oxygens (including phenoxy) is 1. The summed E-state index contributed by atoms with van der Waals surface area (Å²) in [5.41, 5.74) is 1.11. The Bertz CT molecular complexity index is 995. The minimum atomic E-state index is -0.653. The number of furan rings is 1. The van der Waals surface area contributed by atoms with Crippen molar-refractivity contribution in [3.05, 3.63) is 56.9 Å². The number of hydrogen-bond acceptors (Lipinski definition) is 5. The molecule has 0 aliphatic carbocycles. The second-order valence-corrected chi connectivity index (χ2v) is 7.90. The second kappa shape index (κ2) is 7.37. The van der Waals surface area contributed by atoms with Gasteiger partial charge in [0.05, 0.1) is 11.1 Å². The smallest absolute Gasteiger partial charge is 0.375 e. The number of carbonyl (C=O) groups is 2. The summed E-state index contributed by atoms with van der Waals surface area (Å²) in [4.78, 5) is 28.0. The number of esters is 1. The number of aryl methyl sites for hydroxylation is 1. The molecule has 1 aliphatic rings. The highest BCUT2D eigenvalue weighted by Gasteiger charge is 2.31. The van der Waals surface area contributed by atoms with E-state index in [4.69, 9.17) is 20.8 Å². The molecule has 1 atom stereocenters. The molecule has 0 saturated carbocycles. The average molecular weight is 404 g/mol. The Kier molecular flexibility index (Phi) is 4.93. The highest BCUT2D eigenvalue weighted by molar-refractivity contribution is 7.10. The first-order valence-electron chi connectivity index (χ1n) is 8.74. The minimum absolute atomic E-state index is 0.0722. The molecule has 0 radical (unpaired) electrons. The van der Waals surface area contributed by atoms with E-state index in [0.717, 1.165) is 23.1 Å². The molecule has 5 nitrogen and oxygen atoms in total. The van der Waals surface area contributed by atoms with Crippen LogP contribution in [0.15, 0.2) is 40.1 Å². The number of rotatable bonds is 4. The monoisotopic (exact) mass is 403 g/mol. The van der Waals surface area contributed by atoms with Gasteiger partial charge in [-0.2, -0.15) is 0 Å². The van der Waals surface area contributed by atoms with Gasteiger partial charge in [-0.15, -0.1) is 11.3 Å². The van der Waals surface area contributed by atoms with E-state index in [1.54, 1.807) is 35.3 Å². The van der Waals surface area contributed by atoms with Crippen LogP contribution in [0, 0.1) is 6.92 Å². The first-order chi connectivity index (χ1) is 13.1. The zero-order valence-electron chi connectivity index (χ0n) is 14.7. The van der Waals surface area contributed by atoms with Gasteiger partial charge in [0.1, 0.15) is 0 Å². The number of likely N-dealkylation sites (tertiary alicyclic amines) is 1. The van der Waals surface area contributed by atoms with E-state index >= 15 is 0 Å². The molecule has 1 unspecified atom stereocenters. The first-order valence-corrected chi connectivity index (χ1v) is 9.99. The van der Waals surface area contributed by atoms with E-state index < -0.39 is 5.97 Å². The molecule has 1 fully saturated rings. The van der Waals surface area contributed by atoms with E-state index in [-0.39, 0.29) is 24.3 Å². The second-order valence-electron chi connectivity index (χ2n) is 6.51. The van der Waals surface area contributed by atoms with Gasteiger partial charge in [-0.3, -0.25) is 4.79 Å². The number of halogens is 1. The zero-order chi connectivity index (χ0) is 19.0. The summed E-state index contributed by atoms with van der Waals surface area (Å²) in [7, 11) is 0. The quantitative estimate of drug-likeness (QED) is 0.576. The maximum atomic E-state index is 12.6. The van der Waals surface area contributed by atoms with Crippen LogP contribution < -0.4 is 0 Å². The van der Waals surface area contributed by atoms with Crippen molar-refractivity contribution in [2.45, 2.75) is 25.8 Å². The summed E-state index contributed by atoms with van der Waals surface area (Å²) in [5.74, 6) is -0.756. The third kappa shape index (κ3) is 3.35. The highest BCUT2D eigenvalue weighted by atomic mass is 35.5. The summed E-state index contributed by atoms with van der Waals surface area (Å²) in [6.45, 7) is 2.15. The van der Waals surface area contributed by atoms with Crippen molar-refractivity contribution in [3.8, 4) is 0 Å². The van der Waals surface area contributed by atoms with Crippen molar-refractivity contribution < 1.29 is 18.7 Å². The molecule has 27 heavy (non-hydrogen) atoms. The summed E-state index contributed by atoms with van der Waals surface area (Å²) in [6, 6.07) is 9.42. The van der Waals surface area contributed by atoms with Crippen molar-refractivity contribution in [1.29, 1.82) is 0 Å². The lowest BCUT2D eigenvalue weighted by molar-refractivity contribution is -0.135. The van der Waals surface area contributed by atoms with E-state index in [9.17, 15) is 9.59 Å². The summed E-state index contributed by atoms with van der Waals surface area (Å²) in [6.07, 6.45) is 1.88. The van der Waals surface area contributed by atoms with Crippen LogP contribution >= 0.6 is 22.9 Å². The Balaban J connectivity index is 1.46. The molecule has 3 aromatic rings. The van der Waals surface area contributed by atoms with Gasteiger partial charge in [0.15, 0.2) is 12.2 Å². The summed E-state index contributed by atoms with van der Waals surface area (Å²) in [5, 5.41) is 3.20. The Morgan fingerprint density at radius 1 is 1.33 bits per heavy atom. The van der Waals surface area contributed by atoms with Crippen molar-refractivity contribution in [1.82, 2.24) is 4.90 Å². The van der Waals surface area contributed by atoms with Gasteiger partial charge in [-0.1, -0.05) is 29.8 Å². The number of amides is 1. The third-order valence-electron chi connectivity index (χ3n) is 4.87. The van der Waals surface area contributed by atoms with Gasteiger partial charge in [-0.25, -0.2) is 4.79 Å². The van der Waals surface area contributed by atoms with Crippen molar-refractivity contribution in [2.75, 3.05) is 13.2 Å². The molecule has 1 amide bonds. The third-order valence-corrected chi connectivity index (χ3v) is 6.14. The fraction of sp³-hybridized carbons (Fsp3) is 0.300. The van der Waals surface area contributed by atoms with Gasteiger partial charge < -0.3 is 14.1 Å². The molecule has 3 heterocycles. The molecule has 4 rings (SSSR count). The molecule has 0 bridgehead atoms. The van der Waals surface area contributed by atoms with Crippen LogP contribution in [0.25, 0.3) is 11.0 Å². The minimum Gasteiger partial charge on any atom is -0.450 e. The first kappa shape index (κ1) is 18.1. The molecule has 140 valence electrons. The number of nitrogens with zero attached hydrogens (tertiary/aromatic N) is 1. The van der Waals surface area contributed by atoms with Crippen LogP contribution in [0.3, 0.4) is 0 Å². The summed E-state index contributed by atoms with van der Waals surface area (Å²) >= 11 is 7.76. The van der Waals surface area contributed by atoms with Gasteiger partial charge in [0.2, 0.25) is 5.76 Å². The Morgan fingerprint density at radius 3 is 2.93 bits per heavy atom. The van der Waals surface area contributed by atoms with E-state index in [1.807, 2.05) is 23.6 Å². The number of fused-ring (bicyclic) bond motifs is 1. The fourth-order valence-corrected chi connectivity index (χ4v) is 4.61. The maximum Gasteiger partial charge on any atom is 0.375 e. The number of para-hydroxylation sites is 1. The van der Waals surface area contributed by atoms with Crippen molar-refractivity contribution >= 4 is 45.8 Å². The number of thiophene rings is 1. The highest BCUT2D eigenvalue weighted by Crippen LogP contribution is 2.35. The van der Waals surface area contributed by atoms with Crippen molar-refractivity contribution in [2.24, 2.45) is 0 Å². The van der Waals surface area contributed by atoms with Crippen LogP contribution in [0.4, 0.5) is 0 Å². The van der Waals surface area contributed by atoms with Crippen LogP contribution in [0.1, 0.15) is 39.9 Å². The molecule has 1 aliphatic heterocycles. The lowest BCUT2D eigenvalue weighted by Gasteiger charge is -2.23. The van der Waals surface area contributed by atoms with E-state index in [0.29, 0.717) is 22.7 Å². The topological polar surface area (TPSA) is 59.8 Å². The van der Waals surface area contributed by atoms with Crippen LogP contribution in [0.5, 0.6) is 0 Å². The molecule has 7 heteroatoms. The maximum absolute atomic E-state index is 12.6. The van der Waals surface area contributed by atoms with Gasteiger partial charge in [0, 0.05) is 22.4 Å². The lowest BCUT2D eigenvalue weighted by Crippen LogP contribution is -2.34. The number of carbonyl (C=O) groups excluding carboxylic acids is 2. The SMILES string of the molecule is Cc1c(C(=O)OCC(=O)N2CCCC2c2cccs2)oc2c(Cl)cccc12. The Hall–Kier alpha value is -2.31. The number of hydrogen-bond donors (Lipinski definition) is 0. The average Bonchev–Trinajstić information content (AvgIpc) is 3.39. The lowest BCUT2D eigenvalue weighted by atomic mass is 10.1. The fourth-order valence-electron chi connectivity index (χ4n) is 3.52. The van der Waals surface area contributed by atoms with Crippen LogP contribution in [-0.2, 0) is 9.53 Å². The summed E-state index contributed by atoms with van der Waals surface area (Å²) < 4.78 is 10.9. The number of benzene rings is 1. The van der Waals surface area contributed by atoms with Crippen LogP contribution in [0.2, 0.25) is 5.02 Å². The van der Waals surface area contributed by atoms with Gasteiger partial charge in [-0.05, 0) is 37.3 Å². The molecule has 2 aromatic heterocycles. The molecule has 0 N–H and O–H groups in total.